The van der Waals surface area contributed by atoms with Crippen LogP contribution in [0.1, 0.15) is 0 Å². The Bertz CT molecular complexity index is 403. The first kappa shape index (κ1) is 26.9. The Kier molecular flexibility index (Phi) is 13.4. The molecule has 0 aliphatic heterocycles. The van der Waals surface area contributed by atoms with Crippen LogP contribution in [0.5, 0.6) is 0 Å². The number of hydrogen-bond acceptors (Lipinski definition) is 13. The first-order valence-corrected chi connectivity index (χ1v) is 8.33. The van der Waals surface area contributed by atoms with E-state index in [9.17, 15) is 40.2 Å². The molecule has 0 aliphatic rings. The van der Waals surface area contributed by atoms with Gasteiger partial charge in [-0.15, -0.1) is 0 Å². The van der Waals surface area contributed by atoms with Gasteiger partial charge < -0.3 is 65.6 Å². The normalized spacial score (nSPS) is 20.6. The third-order valence-corrected chi connectivity index (χ3v) is 3.79. The highest BCUT2D eigenvalue weighted by atomic mass is 16.5. The molecular formula is C15H29NO12. The van der Waals surface area contributed by atoms with Gasteiger partial charge in [-0.1, -0.05) is 0 Å². The van der Waals surface area contributed by atoms with Crippen molar-refractivity contribution in [3.63, 3.8) is 0 Å². The quantitative estimate of drug-likeness (QED) is 0.107. The van der Waals surface area contributed by atoms with E-state index in [1.54, 1.807) is 0 Å². The Morgan fingerprint density at radius 2 is 1.04 bits per heavy atom. The Labute approximate surface area is 160 Å². The molecule has 0 aromatic heterocycles. The van der Waals surface area contributed by atoms with Crippen LogP contribution in [0.3, 0.4) is 0 Å². The van der Waals surface area contributed by atoms with Gasteiger partial charge in [0.05, 0.1) is 32.5 Å². The summed E-state index contributed by atoms with van der Waals surface area (Å²) in [6, 6.07) is -1.01. The minimum absolute atomic E-state index is 0.00870. The highest BCUT2D eigenvalue weighted by molar-refractivity contribution is 5.57. The summed E-state index contributed by atoms with van der Waals surface area (Å²) in [5.74, 6) is 0. The summed E-state index contributed by atoms with van der Waals surface area (Å²) >= 11 is 0. The second-order valence-corrected chi connectivity index (χ2v) is 6.09. The summed E-state index contributed by atoms with van der Waals surface area (Å²) in [6.45, 7) is -2.56. The van der Waals surface area contributed by atoms with Crippen molar-refractivity contribution in [2.75, 3.05) is 26.4 Å². The van der Waals surface area contributed by atoms with Gasteiger partial charge in [0.1, 0.15) is 48.8 Å². The number of aliphatic hydroxyl groups excluding tert-OH is 8. The average Bonchev–Trinajstić information content (AvgIpc) is 2.71. The molecule has 0 rings (SSSR count). The molecule has 0 fully saturated rings. The molecular weight excluding hydrogens is 386 g/mol. The van der Waals surface area contributed by atoms with Crippen molar-refractivity contribution in [3.05, 3.63) is 0 Å². The molecule has 0 saturated heterocycles. The summed E-state index contributed by atoms with van der Waals surface area (Å²) < 4.78 is 10.3. The van der Waals surface area contributed by atoms with Crippen LogP contribution in [0.4, 0.5) is 0 Å². The molecule has 10 N–H and O–H groups in total. The Morgan fingerprint density at radius 3 is 1.29 bits per heavy atom. The predicted octanol–water partition coefficient (Wildman–Crippen LogP) is -6.37. The van der Waals surface area contributed by atoms with Crippen molar-refractivity contribution < 1.29 is 59.9 Å². The number of aldehydes is 2. The maximum Gasteiger partial charge on any atom is 0.151 e. The van der Waals surface area contributed by atoms with Crippen molar-refractivity contribution in [1.82, 2.24) is 0 Å². The van der Waals surface area contributed by atoms with Gasteiger partial charge in [-0.3, -0.25) is 0 Å². The van der Waals surface area contributed by atoms with E-state index in [2.05, 4.69) is 0 Å². The van der Waals surface area contributed by atoms with Crippen LogP contribution in [-0.2, 0) is 19.1 Å². The monoisotopic (exact) mass is 415 g/mol. The topological polar surface area (TPSA) is 240 Å². The summed E-state index contributed by atoms with van der Waals surface area (Å²) in [5.41, 5.74) is 5.71. The Balaban J connectivity index is 4.83. The molecule has 13 heteroatoms. The predicted molar refractivity (Wildman–Crippen MR) is 89.8 cm³/mol. The number of rotatable bonds is 16. The Hall–Kier alpha value is -1.10. The van der Waals surface area contributed by atoms with Gasteiger partial charge in [-0.05, 0) is 0 Å². The minimum atomic E-state index is -1.89. The molecule has 0 heterocycles. The van der Waals surface area contributed by atoms with Gasteiger partial charge in [0.2, 0.25) is 0 Å². The number of carbonyl (C=O) groups excluding carboxylic acids is 2. The summed E-state index contributed by atoms with van der Waals surface area (Å²) in [7, 11) is 0. The van der Waals surface area contributed by atoms with E-state index in [0.717, 1.165) is 0 Å². The molecule has 0 spiro atoms. The SMILES string of the molecule is NC(CO[C@@H]([C@H](O)[C@H](O)C=O)[C@H](O)CO)CO[C@@H]([C@H](O)[C@H](O)C=O)[C@H](O)CO. The highest BCUT2D eigenvalue weighted by Crippen LogP contribution is 2.12. The lowest BCUT2D eigenvalue weighted by atomic mass is 10.0. The molecule has 8 atom stereocenters. The van der Waals surface area contributed by atoms with Crippen LogP contribution in [0.2, 0.25) is 0 Å². The zero-order valence-electron chi connectivity index (χ0n) is 15.0. The summed E-state index contributed by atoms with van der Waals surface area (Å²) in [5, 5.41) is 75.4. The molecule has 0 saturated carbocycles. The second kappa shape index (κ2) is 14.0. The third-order valence-electron chi connectivity index (χ3n) is 3.79. The lowest BCUT2D eigenvalue weighted by molar-refractivity contribution is -0.161. The number of ether oxygens (including phenoxy) is 2. The fourth-order valence-corrected chi connectivity index (χ4v) is 2.15. The molecule has 0 unspecified atom stereocenters. The molecule has 0 aliphatic carbocycles. The number of carbonyl (C=O) groups is 2. The van der Waals surface area contributed by atoms with Gasteiger partial charge >= 0.3 is 0 Å². The lowest BCUT2D eigenvalue weighted by Crippen LogP contribution is -2.51. The first-order valence-electron chi connectivity index (χ1n) is 8.33. The van der Waals surface area contributed by atoms with Gasteiger partial charge in [0, 0.05) is 0 Å². The fraction of sp³-hybridized carbons (Fsp3) is 0.867. The lowest BCUT2D eigenvalue weighted by Gasteiger charge is -2.30. The summed E-state index contributed by atoms with van der Waals surface area (Å²) in [4.78, 5) is 21.1. The number of hydrogen-bond donors (Lipinski definition) is 9. The molecule has 13 nitrogen and oxygen atoms in total. The van der Waals surface area contributed by atoms with Crippen molar-refractivity contribution in [2.45, 2.75) is 54.9 Å². The number of nitrogens with two attached hydrogens (primary N) is 1. The van der Waals surface area contributed by atoms with Crippen molar-refractivity contribution >= 4 is 12.6 Å². The van der Waals surface area contributed by atoms with Crippen LogP contribution in [-0.4, -0.2) is 135 Å². The average molecular weight is 415 g/mol. The van der Waals surface area contributed by atoms with Crippen molar-refractivity contribution in [3.8, 4) is 0 Å². The first-order chi connectivity index (χ1) is 13.1. The van der Waals surface area contributed by atoms with Crippen LogP contribution in [0, 0.1) is 0 Å². The zero-order chi connectivity index (χ0) is 21.9. The standard InChI is InChI=1S/C15H29NO12/c16-7(5-27-14(10(23)3-19)12(25)8(21)1-17)6-28-15(11(24)4-20)13(26)9(22)2-18/h1-2,7-15,19-26H,3-6,16H2/t8-,9-,10-,11-,12-,13-,14-,15-/m1/s1. The molecule has 166 valence electrons. The maximum absolute atomic E-state index is 10.5. The molecule has 0 aromatic rings. The van der Waals surface area contributed by atoms with E-state index in [1.165, 1.54) is 0 Å². The smallest absolute Gasteiger partial charge is 0.151 e. The largest absolute Gasteiger partial charge is 0.394 e. The van der Waals surface area contributed by atoms with Crippen molar-refractivity contribution in [1.29, 1.82) is 0 Å². The van der Waals surface area contributed by atoms with Crippen LogP contribution in [0.15, 0.2) is 0 Å². The van der Waals surface area contributed by atoms with E-state index < -0.39 is 81.3 Å². The van der Waals surface area contributed by atoms with Gasteiger partial charge in [-0.25, -0.2) is 0 Å². The second-order valence-electron chi connectivity index (χ2n) is 6.09. The third kappa shape index (κ3) is 8.50. The van der Waals surface area contributed by atoms with E-state index >= 15 is 0 Å². The minimum Gasteiger partial charge on any atom is -0.394 e. The fourth-order valence-electron chi connectivity index (χ4n) is 2.15. The molecule has 0 amide bonds. The van der Waals surface area contributed by atoms with E-state index in [4.69, 9.17) is 25.4 Å². The van der Waals surface area contributed by atoms with E-state index in [-0.39, 0.29) is 12.6 Å². The van der Waals surface area contributed by atoms with Crippen LogP contribution < -0.4 is 5.73 Å². The van der Waals surface area contributed by atoms with E-state index in [1.807, 2.05) is 0 Å². The van der Waals surface area contributed by atoms with Crippen molar-refractivity contribution in [2.24, 2.45) is 5.73 Å². The van der Waals surface area contributed by atoms with Crippen LogP contribution in [0.25, 0.3) is 0 Å². The van der Waals surface area contributed by atoms with E-state index in [0.29, 0.717) is 0 Å². The Morgan fingerprint density at radius 1 is 0.714 bits per heavy atom. The van der Waals surface area contributed by atoms with Crippen LogP contribution >= 0.6 is 0 Å². The van der Waals surface area contributed by atoms with Gasteiger partial charge in [0.25, 0.3) is 0 Å². The molecule has 0 bridgehead atoms. The molecule has 0 aromatic carbocycles. The zero-order valence-corrected chi connectivity index (χ0v) is 15.0. The highest BCUT2D eigenvalue weighted by Gasteiger charge is 2.34. The van der Waals surface area contributed by atoms with Gasteiger partial charge in [-0.2, -0.15) is 0 Å². The summed E-state index contributed by atoms with van der Waals surface area (Å²) in [6.07, 6.45) is -13.9. The van der Waals surface area contributed by atoms with Gasteiger partial charge in [0.15, 0.2) is 12.6 Å². The molecule has 0 radical (unpaired) electrons. The molecule has 28 heavy (non-hydrogen) atoms. The maximum atomic E-state index is 10.5. The number of aliphatic hydroxyl groups is 8.